The summed E-state index contributed by atoms with van der Waals surface area (Å²) in [5, 5.41) is 7.04. The Hall–Kier alpha value is -3.05. The van der Waals surface area contributed by atoms with Crippen LogP contribution in [0.15, 0.2) is 34.5 Å². The molecule has 0 unspecified atom stereocenters. The molecule has 0 saturated heterocycles. The van der Waals surface area contributed by atoms with Crippen LogP contribution in [-0.2, 0) is 22.1 Å². The lowest BCUT2D eigenvalue weighted by Crippen LogP contribution is -2.35. The number of amides is 1. The van der Waals surface area contributed by atoms with Crippen LogP contribution in [-0.4, -0.2) is 55.4 Å². The summed E-state index contributed by atoms with van der Waals surface area (Å²) in [7, 11) is 1.71. The molecule has 10 nitrogen and oxygen atoms in total. The Morgan fingerprint density at radius 2 is 1.83 bits per heavy atom. The summed E-state index contributed by atoms with van der Waals surface area (Å²) >= 11 is 6.09. The van der Waals surface area contributed by atoms with Crippen LogP contribution in [0, 0.1) is 6.92 Å². The summed E-state index contributed by atoms with van der Waals surface area (Å²) in [6.45, 7) is 1.77. The fraction of sp³-hybridized carbons (Fsp3) is 0.278. The molecule has 1 aliphatic heterocycles. The number of carbonyl (C=O) groups is 1. The maximum absolute atomic E-state index is 13.0. The molecule has 0 atom stereocenters. The van der Waals surface area contributed by atoms with Gasteiger partial charge in [-0.2, -0.15) is 13.5 Å². The summed E-state index contributed by atoms with van der Waals surface area (Å²) in [4.78, 5) is 13.0. The smallest absolute Gasteiger partial charge is 0.345 e. The number of aryl methyl sites for hydroxylation is 1. The van der Waals surface area contributed by atoms with Crippen LogP contribution in [0.4, 0.5) is 5.69 Å². The van der Waals surface area contributed by atoms with E-state index in [1.165, 1.54) is 45.7 Å². The quantitative estimate of drug-likeness (QED) is 0.739. The summed E-state index contributed by atoms with van der Waals surface area (Å²) in [6.07, 6.45) is 2.88. The molecular weight excluding hydrogens is 434 g/mol. The third-order valence-electron chi connectivity index (χ3n) is 4.64. The largest absolute Gasteiger partial charge is 0.495 e. The number of halogens is 1. The fourth-order valence-electron chi connectivity index (χ4n) is 2.79. The molecule has 1 aromatic heterocycles. The molecule has 160 valence electrons. The Balaban J connectivity index is 2.03. The van der Waals surface area contributed by atoms with Crippen molar-refractivity contribution in [2.75, 3.05) is 26.6 Å². The minimum absolute atomic E-state index is 0.115. The number of nitrogens with zero attached hydrogens (tertiary/aromatic N) is 4. The lowest BCUT2D eigenvalue weighted by molar-refractivity contribution is -0.113. The highest BCUT2D eigenvalue weighted by Gasteiger charge is 2.31. The lowest BCUT2D eigenvalue weighted by atomic mass is 10.1. The van der Waals surface area contributed by atoms with E-state index in [9.17, 15) is 13.2 Å². The molecule has 1 N–H and O–H groups in total. The van der Waals surface area contributed by atoms with E-state index in [1.54, 1.807) is 18.7 Å². The van der Waals surface area contributed by atoms with Crippen molar-refractivity contribution in [3.05, 3.63) is 46.4 Å². The van der Waals surface area contributed by atoms with Gasteiger partial charge < -0.3 is 14.8 Å². The number of rotatable bonds is 5. The van der Waals surface area contributed by atoms with Crippen molar-refractivity contribution in [2.45, 2.75) is 6.92 Å². The molecule has 2 heterocycles. The van der Waals surface area contributed by atoms with Gasteiger partial charge in [-0.25, -0.2) is 4.31 Å². The van der Waals surface area contributed by atoms with Gasteiger partial charge in [0.05, 0.1) is 36.8 Å². The van der Waals surface area contributed by atoms with E-state index < -0.39 is 16.1 Å². The standard InChI is InChI=1S/C18H20ClN5O5S/c1-10-11(9-20-23(10)2)13-7-15(24(3)30(26,27)22-13)18(25)21-14-8-16(28-4)12(19)6-17(14)29-5/h6-9H,1-5H3,(H,21,25). The number of hydrogen-bond donors (Lipinski definition) is 1. The molecule has 3 rings (SSSR count). The number of carbonyl (C=O) groups excluding carboxylic acids is 1. The molecule has 0 radical (unpaired) electrons. The van der Waals surface area contributed by atoms with E-state index in [2.05, 4.69) is 14.8 Å². The van der Waals surface area contributed by atoms with Crippen molar-refractivity contribution >= 4 is 39.1 Å². The number of aromatic nitrogens is 2. The zero-order valence-electron chi connectivity index (χ0n) is 16.9. The van der Waals surface area contributed by atoms with Crippen molar-refractivity contribution in [1.82, 2.24) is 14.1 Å². The molecule has 12 heteroatoms. The first kappa shape index (κ1) is 21.7. The van der Waals surface area contributed by atoms with Crippen LogP contribution in [0.25, 0.3) is 0 Å². The first-order valence-electron chi connectivity index (χ1n) is 8.61. The van der Waals surface area contributed by atoms with Gasteiger partial charge in [0.2, 0.25) is 0 Å². The molecule has 2 aromatic rings. The first-order valence-corrected chi connectivity index (χ1v) is 10.4. The molecule has 30 heavy (non-hydrogen) atoms. The lowest BCUT2D eigenvalue weighted by Gasteiger charge is -2.24. The number of hydrogen-bond acceptors (Lipinski definition) is 6. The minimum atomic E-state index is -4.11. The van der Waals surface area contributed by atoms with E-state index in [1.807, 2.05) is 0 Å². The van der Waals surface area contributed by atoms with Gasteiger partial charge in [-0.1, -0.05) is 11.6 Å². The van der Waals surface area contributed by atoms with Crippen LogP contribution >= 0.6 is 11.6 Å². The number of anilines is 1. The van der Waals surface area contributed by atoms with Crippen LogP contribution in [0.1, 0.15) is 11.3 Å². The zero-order valence-corrected chi connectivity index (χ0v) is 18.5. The van der Waals surface area contributed by atoms with Gasteiger partial charge in [0.15, 0.2) is 0 Å². The van der Waals surface area contributed by atoms with Crippen LogP contribution in [0.3, 0.4) is 0 Å². The van der Waals surface area contributed by atoms with Gasteiger partial charge in [0.25, 0.3) is 5.91 Å². The number of likely N-dealkylation sites (N-methyl/N-ethyl adjacent to an activating group) is 1. The van der Waals surface area contributed by atoms with Gasteiger partial charge in [0, 0.05) is 37.5 Å². The van der Waals surface area contributed by atoms with Gasteiger partial charge in [-0.05, 0) is 13.0 Å². The predicted molar refractivity (Wildman–Crippen MR) is 112 cm³/mol. The van der Waals surface area contributed by atoms with E-state index >= 15 is 0 Å². The fourth-order valence-corrected chi connectivity index (χ4v) is 3.92. The second-order valence-electron chi connectivity index (χ2n) is 6.36. The van der Waals surface area contributed by atoms with Crippen molar-refractivity contribution in [2.24, 2.45) is 11.4 Å². The molecular formula is C18H20ClN5O5S. The number of methoxy groups -OCH3 is 2. The maximum atomic E-state index is 13.0. The summed E-state index contributed by atoms with van der Waals surface area (Å²) < 4.78 is 41.7. The highest BCUT2D eigenvalue weighted by Crippen LogP contribution is 2.36. The van der Waals surface area contributed by atoms with E-state index in [0.29, 0.717) is 22.0 Å². The second-order valence-corrected chi connectivity index (χ2v) is 8.39. The van der Waals surface area contributed by atoms with Gasteiger partial charge >= 0.3 is 10.2 Å². The highest BCUT2D eigenvalue weighted by atomic mass is 35.5. The van der Waals surface area contributed by atoms with E-state index in [0.717, 1.165) is 4.31 Å². The molecule has 0 saturated carbocycles. The van der Waals surface area contributed by atoms with Crippen molar-refractivity contribution in [3.8, 4) is 11.5 Å². The van der Waals surface area contributed by atoms with Crippen molar-refractivity contribution in [1.29, 1.82) is 0 Å². The van der Waals surface area contributed by atoms with Crippen LogP contribution < -0.4 is 14.8 Å². The summed E-state index contributed by atoms with van der Waals surface area (Å²) in [5.74, 6) is -0.0784. The van der Waals surface area contributed by atoms with E-state index in [4.69, 9.17) is 21.1 Å². The van der Waals surface area contributed by atoms with E-state index in [-0.39, 0.29) is 22.8 Å². The molecule has 1 aliphatic rings. The number of benzene rings is 1. The van der Waals surface area contributed by atoms with Gasteiger partial charge in [-0.15, -0.1) is 4.40 Å². The molecule has 1 aromatic carbocycles. The third kappa shape index (κ3) is 3.85. The normalized spacial score (nSPS) is 15.3. The van der Waals surface area contributed by atoms with Gasteiger partial charge in [-0.3, -0.25) is 9.48 Å². The highest BCUT2D eigenvalue weighted by molar-refractivity contribution is 7.88. The average molecular weight is 454 g/mol. The second kappa shape index (κ2) is 8.00. The predicted octanol–water partition coefficient (Wildman–Crippen LogP) is 1.90. The SMILES string of the molecule is COc1cc(NC(=O)C2=CC(c3cnn(C)c3C)=NS(=O)(=O)N2C)c(OC)cc1Cl. The maximum Gasteiger partial charge on any atom is 0.345 e. The molecule has 1 amide bonds. The topological polar surface area (TPSA) is 115 Å². The molecule has 0 bridgehead atoms. The number of nitrogens with one attached hydrogen (secondary N) is 1. The molecule has 0 spiro atoms. The first-order chi connectivity index (χ1) is 14.1. The Morgan fingerprint density at radius 1 is 1.17 bits per heavy atom. The minimum Gasteiger partial charge on any atom is -0.495 e. The Labute approximate surface area is 178 Å². The van der Waals surface area contributed by atoms with Gasteiger partial charge in [0.1, 0.15) is 17.2 Å². The monoisotopic (exact) mass is 453 g/mol. The molecule has 0 aliphatic carbocycles. The van der Waals surface area contributed by atoms with Crippen molar-refractivity contribution < 1.29 is 22.7 Å². The average Bonchev–Trinajstić information content (AvgIpc) is 3.03. The summed E-state index contributed by atoms with van der Waals surface area (Å²) in [6, 6.07) is 2.97. The molecule has 0 fully saturated rings. The number of allylic oxidation sites excluding steroid dienone is 1. The Kier molecular flexibility index (Phi) is 5.77. The Bertz CT molecular complexity index is 1190. The summed E-state index contributed by atoms with van der Waals surface area (Å²) in [5.41, 5.74) is 1.46. The Morgan fingerprint density at radius 3 is 2.40 bits per heavy atom. The number of ether oxygens (including phenoxy) is 2. The third-order valence-corrected chi connectivity index (χ3v) is 6.25. The van der Waals surface area contributed by atoms with Crippen molar-refractivity contribution in [3.63, 3.8) is 0 Å². The van der Waals surface area contributed by atoms with Crippen LogP contribution in [0.2, 0.25) is 5.02 Å². The zero-order chi connectivity index (χ0) is 22.2. The van der Waals surface area contributed by atoms with Crippen LogP contribution in [0.5, 0.6) is 11.5 Å².